The average molecular weight is 328 g/mol. The van der Waals surface area contributed by atoms with Gasteiger partial charge in [-0.15, -0.1) is 0 Å². The molecule has 2 aromatic carbocycles. The van der Waals surface area contributed by atoms with E-state index in [2.05, 4.69) is 48.6 Å². The van der Waals surface area contributed by atoms with E-state index < -0.39 is 10.1 Å². The van der Waals surface area contributed by atoms with E-state index in [-0.39, 0.29) is 12.5 Å². The van der Waals surface area contributed by atoms with Crippen molar-refractivity contribution in [2.45, 2.75) is 18.8 Å². The number of benzene rings is 2. The SMILES string of the molecule is CS(=O)(=O)OCCCC1c2ccccc2C=Cc2ccccc21. The van der Waals surface area contributed by atoms with Crippen molar-refractivity contribution >= 4 is 22.3 Å². The Bertz CT molecular complexity index is 773. The first-order chi connectivity index (χ1) is 11.0. The molecule has 1 aliphatic rings. The van der Waals surface area contributed by atoms with Gasteiger partial charge in [-0.25, -0.2) is 0 Å². The molecule has 0 atom stereocenters. The third kappa shape index (κ3) is 3.89. The molecule has 0 radical (unpaired) electrons. The second kappa shape index (κ2) is 6.69. The van der Waals surface area contributed by atoms with Crippen molar-refractivity contribution in [1.29, 1.82) is 0 Å². The Hall–Kier alpha value is -1.91. The van der Waals surface area contributed by atoms with Gasteiger partial charge < -0.3 is 0 Å². The van der Waals surface area contributed by atoms with Gasteiger partial charge >= 0.3 is 0 Å². The standard InChI is InChI=1S/C19H20O3S/c1-23(20,21)22-14-6-11-19-17-9-4-2-7-15(17)12-13-16-8-3-5-10-18(16)19/h2-5,7-10,12-13,19H,6,11,14H2,1H3. The van der Waals surface area contributed by atoms with Gasteiger partial charge in [0.25, 0.3) is 10.1 Å². The molecule has 0 aliphatic heterocycles. The lowest BCUT2D eigenvalue weighted by Crippen LogP contribution is -2.08. The summed E-state index contributed by atoms with van der Waals surface area (Å²) in [4.78, 5) is 0. The van der Waals surface area contributed by atoms with Gasteiger partial charge in [0.2, 0.25) is 0 Å². The van der Waals surface area contributed by atoms with Gasteiger partial charge in [-0.2, -0.15) is 8.42 Å². The maximum atomic E-state index is 11.1. The topological polar surface area (TPSA) is 43.4 Å². The first kappa shape index (κ1) is 16.0. The second-order valence-electron chi connectivity index (χ2n) is 5.81. The maximum Gasteiger partial charge on any atom is 0.264 e. The first-order valence-electron chi connectivity index (χ1n) is 7.75. The van der Waals surface area contributed by atoms with Crippen LogP contribution < -0.4 is 0 Å². The van der Waals surface area contributed by atoms with Crippen molar-refractivity contribution in [3.05, 3.63) is 70.8 Å². The lowest BCUT2D eigenvalue weighted by Gasteiger charge is -2.20. The summed E-state index contributed by atoms with van der Waals surface area (Å²) in [6.07, 6.45) is 6.95. The second-order valence-corrected chi connectivity index (χ2v) is 7.46. The molecule has 0 N–H and O–H groups in total. The fourth-order valence-corrected chi connectivity index (χ4v) is 3.54. The minimum absolute atomic E-state index is 0.229. The molecule has 0 fully saturated rings. The Balaban J connectivity index is 1.87. The highest BCUT2D eigenvalue weighted by molar-refractivity contribution is 7.85. The molecule has 0 amide bonds. The molecule has 0 spiro atoms. The molecule has 0 unspecified atom stereocenters. The van der Waals surface area contributed by atoms with Crippen LogP contribution in [0.4, 0.5) is 0 Å². The number of rotatable bonds is 5. The Labute approximate surface area is 137 Å². The van der Waals surface area contributed by atoms with Crippen molar-refractivity contribution in [3.8, 4) is 0 Å². The summed E-state index contributed by atoms with van der Waals surface area (Å²) in [5.74, 6) is 0.251. The van der Waals surface area contributed by atoms with Gasteiger partial charge in [-0.05, 0) is 35.1 Å². The quantitative estimate of drug-likeness (QED) is 0.614. The Kier molecular flexibility index (Phi) is 4.64. The molecule has 2 aromatic rings. The number of fused-ring (bicyclic) bond motifs is 2. The summed E-state index contributed by atoms with van der Waals surface area (Å²) in [6, 6.07) is 16.8. The van der Waals surface area contributed by atoms with Crippen LogP contribution in [0.25, 0.3) is 12.2 Å². The van der Waals surface area contributed by atoms with E-state index in [4.69, 9.17) is 4.18 Å². The van der Waals surface area contributed by atoms with Gasteiger partial charge in [0.15, 0.2) is 0 Å². The molecule has 23 heavy (non-hydrogen) atoms. The van der Waals surface area contributed by atoms with E-state index >= 15 is 0 Å². The largest absolute Gasteiger partial charge is 0.270 e. The summed E-state index contributed by atoms with van der Waals surface area (Å²) >= 11 is 0. The molecule has 3 rings (SSSR count). The zero-order valence-electron chi connectivity index (χ0n) is 13.1. The number of hydrogen-bond acceptors (Lipinski definition) is 3. The van der Waals surface area contributed by atoms with Crippen LogP contribution >= 0.6 is 0 Å². The van der Waals surface area contributed by atoms with Crippen molar-refractivity contribution < 1.29 is 12.6 Å². The molecule has 0 saturated heterocycles. The lowest BCUT2D eigenvalue weighted by atomic mass is 9.84. The Morgan fingerprint density at radius 3 is 1.96 bits per heavy atom. The Morgan fingerprint density at radius 1 is 0.913 bits per heavy atom. The first-order valence-corrected chi connectivity index (χ1v) is 9.56. The highest BCUT2D eigenvalue weighted by atomic mass is 32.2. The predicted octanol–water partition coefficient (Wildman–Crippen LogP) is 4.06. The molecule has 1 aliphatic carbocycles. The van der Waals surface area contributed by atoms with Crippen molar-refractivity contribution in [1.82, 2.24) is 0 Å². The van der Waals surface area contributed by atoms with E-state index in [1.54, 1.807) is 0 Å². The van der Waals surface area contributed by atoms with Crippen LogP contribution in [0.2, 0.25) is 0 Å². The Morgan fingerprint density at radius 2 is 1.43 bits per heavy atom. The van der Waals surface area contributed by atoms with Crippen LogP contribution in [0.1, 0.15) is 41.0 Å². The van der Waals surface area contributed by atoms with Gasteiger partial charge in [-0.1, -0.05) is 60.7 Å². The number of hydrogen-bond donors (Lipinski definition) is 0. The molecular weight excluding hydrogens is 308 g/mol. The molecule has 120 valence electrons. The predicted molar refractivity (Wildman–Crippen MR) is 93.7 cm³/mol. The zero-order chi connectivity index (χ0) is 16.3. The summed E-state index contributed by atoms with van der Waals surface area (Å²) in [6.45, 7) is 0.229. The fourth-order valence-electron chi connectivity index (χ4n) is 3.12. The van der Waals surface area contributed by atoms with E-state index in [1.807, 2.05) is 12.1 Å². The highest BCUT2D eigenvalue weighted by Gasteiger charge is 2.20. The molecular formula is C19H20O3S. The summed E-state index contributed by atoms with van der Waals surface area (Å²) in [7, 11) is -3.37. The zero-order valence-corrected chi connectivity index (χ0v) is 13.9. The van der Waals surface area contributed by atoms with Gasteiger partial charge in [0, 0.05) is 5.92 Å². The van der Waals surface area contributed by atoms with Gasteiger partial charge in [-0.3, -0.25) is 4.18 Å². The molecule has 3 nitrogen and oxygen atoms in total. The summed E-state index contributed by atoms with van der Waals surface area (Å²) in [5.41, 5.74) is 5.01. The third-order valence-electron chi connectivity index (χ3n) is 4.12. The lowest BCUT2D eigenvalue weighted by molar-refractivity contribution is 0.309. The van der Waals surface area contributed by atoms with Crippen molar-refractivity contribution in [2.24, 2.45) is 0 Å². The highest BCUT2D eigenvalue weighted by Crippen LogP contribution is 2.37. The smallest absolute Gasteiger partial charge is 0.264 e. The van der Waals surface area contributed by atoms with E-state index in [0.29, 0.717) is 6.42 Å². The summed E-state index contributed by atoms with van der Waals surface area (Å²) < 4.78 is 27.1. The molecule has 0 aromatic heterocycles. The van der Waals surface area contributed by atoms with Gasteiger partial charge in [0.05, 0.1) is 12.9 Å². The van der Waals surface area contributed by atoms with E-state index in [9.17, 15) is 8.42 Å². The normalized spacial score (nSPS) is 14.1. The van der Waals surface area contributed by atoms with Crippen LogP contribution in [-0.4, -0.2) is 21.3 Å². The van der Waals surface area contributed by atoms with Crippen molar-refractivity contribution in [3.63, 3.8) is 0 Å². The van der Waals surface area contributed by atoms with Crippen LogP contribution in [0.5, 0.6) is 0 Å². The molecule has 0 saturated carbocycles. The minimum Gasteiger partial charge on any atom is -0.270 e. The van der Waals surface area contributed by atoms with Crippen LogP contribution in [0.3, 0.4) is 0 Å². The minimum atomic E-state index is -3.37. The molecule has 4 heteroatoms. The van der Waals surface area contributed by atoms with E-state index in [1.165, 1.54) is 22.3 Å². The van der Waals surface area contributed by atoms with Crippen LogP contribution in [0, 0.1) is 0 Å². The van der Waals surface area contributed by atoms with Crippen LogP contribution in [0.15, 0.2) is 48.5 Å². The molecule has 0 heterocycles. The summed E-state index contributed by atoms with van der Waals surface area (Å²) in [5, 5.41) is 0. The fraction of sp³-hybridized carbons (Fsp3) is 0.263. The molecule has 0 bridgehead atoms. The third-order valence-corrected chi connectivity index (χ3v) is 4.71. The van der Waals surface area contributed by atoms with Crippen LogP contribution in [-0.2, 0) is 14.3 Å². The van der Waals surface area contributed by atoms with Crippen molar-refractivity contribution in [2.75, 3.05) is 12.9 Å². The van der Waals surface area contributed by atoms with Gasteiger partial charge in [0.1, 0.15) is 0 Å². The average Bonchev–Trinajstić information content (AvgIpc) is 2.68. The van der Waals surface area contributed by atoms with E-state index in [0.717, 1.165) is 12.7 Å². The maximum absolute atomic E-state index is 11.1. The monoisotopic (exact) mass is 328 g/mol.